The number of hydrogen-bond acceptors (Lipinski definition) is 3. The van der Waals surface area contributed by atoms with Crippen molar-refractivity contribution >= 4 is 17.4 Å². The van der Waals surface area contributed by atoms with Gasteiger partial charge in [-0.3, -0.25) is 14.5 Å². The quantitative estimate of drug-likeness (QED) is 0.507. The molecule has 0 radical (unpaired) electrons. The molecule has 2 aliphatic heterocycles. The average molecular weight is 383 g/mol. The molecule has 1 aromatic carbocycles. The van der Waals surface area contributed by atoms with Gasteiger partial charge in [0, 0.05) is 19.6 Å². The SMILES string of the molecule is CCCCCCN1C(=O)C(c2ccc(C)c(C)c2)=C(N2CCC(C)CC2)C1=O. The van der Waals surface area contributed by atoms with E-state index >= 15 is 0 Å². The van der Waals surface area contributed by atoms with Crippen molar-refractivity contribution in [1.82, 2.24) is 9.80 Å². The number of aryl methyl sites for hydroxylation is 2. The predicted molar refractivity (Wildman–Crippen MR) is 114 cm³/mol. The first-order valence-electron chi connectivity index (χ1n) is 10.9. The zero-order valence-corrected chi connectivity index (χ0v) is 17.9. The zero-order chi connectivity index (χ0) is 20.3. The van der Waals surface area contributed by atoms with Crippen LogP contribution in [0, 0.1) is 19.8 Å². The molecule has 0 bridgehead atoms. The minimum atomic E-state index is -0.113. The summed E-state index contributed by atoms with van der Waals surface area (Å²) in [6.07, 6.45) is 6.37. The third-order valence-corrected chi connectivity index (χ3v) is 6.27. The average Bonchev–Trinajstić information content (AvgIpc) is 2.92. The summed E-state index contributed by atoms with van der Waals surface area (Å²) in [5.74, 6) is 0.474. The van der Waals surface area contributed by atoms with Crippen LogP contribution in [0.1, 0.15) is 69.1 Å². The highest BCUT2D eigenvalue weighted by atomic mass is 16.2. The topological polar surface area (TPSA) is 40.6 Å². The number of amides is 2. The van der Waals surface area contributed by atoms with Crippen LogP contribution in [0.3, 0.4) is 0 Å². The molecule has 2 aliphatic rings. The van der Waals surface area contributed by atoms with Crippen LogP contribution in [0.25, 0.3) is 5.57 Å². The molecule has 2 amide bonds. The van der Waals surface area contributed by atoms with Gasteiger partial charge in [-0.25, -0.2) is 0 Å². The lowest BCUT2D eigenvalue weighted by atomic mass is 9.96. The van der Waals surface area contributed by atoms with E-state index in [2.05, 4.69) is 44.7 Å². The molecule has 4 heteroatoms. The highest BCUT2D eigenvalue weighted by Gasteiger charge is 2.41. The number of nitrogens with zero attached hydrogens (tertiary/aromatic N) is 2. The van der Waals surface area contributed by atoms with Crippen molar-refractivity contribution in [1.29, 1.82) is 0 Å². The van der Waals surface area contributed by atoms with Crippen molar-refractivity contribution in [3.63, 3.8) is 0 Å². The summed E-state index contributed by atoms with van der Waals surface area (Å²) in [5, 5.41) is 0. The number of imide groups is 1. The molecule has 152 valence electrons. The first kappa shape index (κ1) is 20.6. The number of unbranched alkanes of at least 4 members (excludes halogenated alkanes) is 3. The number of hydrogen-bond donors (Lipinski definition) is 0. The van der Waals surface area contributed by atoms with Crippen molar-refractivity contribution in [3.8, 4) is 0 Å². The van der Waals surface area contributed by atoms with Crippen LogP contribution in [-0.2, 0) is 9.59 Å². The molecule has 1 saturated heterocycles. The van der Waals surface area contributed by atoms with Gasteiger partial charge in [0.15, 0.2) is 0 Å². The normalized spacial score (nSPS) is 18.6. The minimum Gasteiger partial charge on any atom is -0.366 e. The van der Waals surface area contributed by atoms with Gasteiger partial charge in [0.05, 0.1) is 5.57 Å². The molecule has 0 saturated carbocycles. The maximum absolute atomic E-state index is 13.3. The molecule has 0 aromatic heterocycles. The van der Waals surface area contributed by atoms with Crippen molar-refractivity contribution < 1.29 is 9.59 Å². The lowest BCUT2D eigenvalue weighted by Gasteiger charge is -2.32. The minimum absolute atomic E-state index is 0.0933. The summed E-state index contributed by atoms with van der Waals surface area (Å²) >= 11 is 0. The standard InChI is InChI=1S/C24H34N2O2/c1-5-6-7-8-13-26-23(27)21(20-10-9-18(3)19(4)16-20)22(24(26)28)25-14-11-17(2)12-15-25/h9-10,16-17H,5-8,11-15H2,1-4H3. The summed E-state index contributed by atoms with van der Waals surface area (Å²) in [7, 11) is 0. The Hall–Kier alpha value is -2.10. The van der Waals surface area contributed by atoms with Gasteiger partial charge in [-0.05, 0) is 55.7 Å². The Balaban J connectivity index is 1.94. The maximum Gasteiger partial charge on any atom is 0.277 e. The van der Waals surface area contributed by atoms with E-state index in [0.717, 1.165) is 62.7 Å². The summed E-state index contributed by atoms with van der Waals surface area (Å²) in [6, 6.07) is 6.11. The maximum atomic E-state index is 13.3. The highest BCUT2D eigenvalue weighted by molar-refractivity contribution is 6.35. The molecule has 0 N–H and O–H groups in total. The van der Waals surface area contributed by atoms with Gasteiger partial charge >= 0.3 is 0 Å². The Bertz CT molecular complexity index is 773. The lowest BCUT2D eigenvalue weighted by Crippen LogP contribution is -2.38. The molecule has 0 spiro atoms. The van der Waals surface area contributed by atoms with Crippen LogP contribution in [0.4, 0.5) is 0 Å². The van der Waals surface area contributed by atoms with E-state index < -0.39 is 0 Å². The molecule has 1 aromatic rings. The second-order valence-electron chi connectivity index (χ2n) is 8.51. The third kappa shape index (κ3) is 4.16. The second kappa shape index (κ2) is 8.93. The molecular formula is C24H34N2O2. The number of piperidine rings is 1. The zero-order valence-electron chi connectivity index (χ0n) is 17.9. The van der Waals surface area contributed by atoms with E-state index in [0.29, 0.717) is 23.7 Å². The van der Waals surface area contributed by atoms with Crippen molar-refractivity contribution in [2.45, 2.75) is 66.2 Å². The molecular weight excluding hydrogens is 348 g/mol. The molecule has 0 aliphatic carbocycles. The summed E-state index contributed by atoms with van der Waals surface area (Å²) < 4.78 is 0. The van der Waals surface area contributed by atoms with Gasteiger partial charge < -0.3 is 4.90 Å². The highest BCUT2D eigenvalue weighted by Crippen LogP contribution is 2.34. The van der Waals surface area contributed by atoms with Gasteiger partial charge in [0.25, 0.3) is 11.8 Å². The Morgan fingerprint density at radius 3 is 2.32 bits per heavy atom. The Kier molecular flexibility index (Phi) is 6.58. The van der Waals surface area contributed by atoms with E-state index in [4.69, 9.17) is 0 Å². The fourth-order valence-electron chi connectivity index (χ4n) is 4.15. The fourth-order valence-corrected chi connectivity index (χ4v) is 4.15. The molecule has 4 nitrogen and oxygen atoms in total. The molecule has 0 unspecified atom stereocenters. The third-order valence-electron chi connectivity index (χ3n) is 6.27. The number of carbonyl (C=O) groups is 2. The Morgan fingerprint density at radius 2 is 1.68 bits per heavy atom. The molecule has 2 heterocycles. The van der Waals surface area contributed by atoms with Gasteiger partial charge in [0.2, 0.25) is 0 Å². The van der Waals surface area contributed by atoms with Crippen LogP contribution >= 0.6 is 0 Å². The summed E-state index contributed by atoms with van der Waals surface area (Å²) in [5.41, 5.74) is 4.48. The van der Waals surface area contributed by atoms with Crippen molar-refractivity contribution in [2.75, 3.05) is 19.6 Å². The second-order valence-corrected chi connectivity index (χ2v) is 8.51. The number of benzene rings is 1. The first-order chi connectivity index (χ1) is 13.4. The van der Waals surface area contributed by atoms with E-state index in [1.54, 1.807) is 0 Å². The van der Waals surface area contributed by atoms with E-state index in [1.165, 1.54) is 10.5 Å². The molecule has 3 rings (SSSR count). The predicted octanol–water partition coefficient (Wildman–Crippen LogP) is 4.70. The van der Waals surface area contributed by atoms with E-state index in [9.17, 15) is 9.59 Å². The summed E-state index contributed by atoms with van der Waals surface area (Å²) in [4.78, 5) is 30.3. The Labute approximate surface area is 169 Å². The van der Waals surface area contributed by atoms with E-state index in [-0.39, 0.29) is 11.8 Å². The number of rotatable bonds is 7. The van der Waals surface area contributed by atoms with Crippen LogP contribution in [0.5, 0.6) is 0 Å². The molecule has 0 atom stereocenters. The first-order valence-corrected chi connectivity index (χ1v) is 10.9. The fraction of sp³-hybridized carbons (Fsp3) is 0.583. The Morgan fingerprint density at radius 1 is 0.964 bits per heavy atom. The van der Waals surface area contributed by atoms with Gasteiger partial charge in [-0.1, -0.05) is 51.3 Å². The number of likely N-dealkylation sites (tertiary alicyclic amines) is 1. The monoisotopic (exact) mass is 382 g/mol. The van der Waals surface area contributed by atoms with Crippen LogP contribution in [0.15, 0.2) is 23.9 Å². The molecule has 28 heavy (non-hydrogen) atoms. The lowest BCUT2D eigenvalue weighted by molar-refractivity contribution is -0.137. The van der Waals surface area contributed by atoms with E-state index in [1.807, 2.05) is 6.07 Å². The van der Waals surface area contributed by atoms with Crippen LogP contribution in [0.2, 0.25) is 0 Å². The van der Waals surface area contributed by atoms with Crippen LogP contribution < -0.4 is 0 Å². The molecule has 1 fully saturated rings. The van der Waals surface area contributed by atoms with Crippen molar-refractivity contribution in [2.24, 2.45) is 5.92 Å². The van der Waals surface area contributed by atoms with Gasteiger partial charge in [-0.15, -0.1) is 0 Å². The van der Waals surface area contributed by atoms with Crippen LogP contribution in [-0.4, -0.2) is 41.2 Å². The van der Waals surface area contributed by atoms with Gasteiger partial charge in [-0.2, -0.15) is 0 Å². The smallest absolute Gasteiger partial charge is 0.277 e. The number of carbonyl (C=O) groups excluding carboxylic acids is 2. The van der Waals surface area contributed by atoms with Crippen molar-refractivity contribution in [3.05, 3.63) is 40.6 Å². The van der Waals surface area contributed by atoms with Gasteiger partial charge in [0.1, 0.15) is 5.70 Å². The summed E-state index contributed by atoms with van der Waals surface area (Å²) in [6.45, 7) is 10.8. The largest absolute Gasteiger partial charge is 0.366 e.